The van der Waals surface area contributed by atoms with Gasteiger partial charge < -0.3 is 5.11 Å². The molecule has 1 N–H and O–H groups in total. The SMILES string of the molecule is O=C(O)CC1(CSc2nccc(C(F)(F)F)n2)CC1. The number of aliphatic carboxylic acids is 1. The Morgan fingerprint density at radius 3 is 2.68 bits per heavy atom. The fourth-order valence-electron chi connectivity index (χ4n) is 1.66. The van der Waals surface area contributed by atoms with Crippen LogP contribution in [-0.2, 0) is 11.0 Å². The molecule has 0 unspecified atom stereocenters. The molecule has 19 heavy (non-hydrogen) atoms. The Morgan fingerprint density at radius 2 is 2.16 bits per heavy atom. The fraction of sp³-hybridized carbons (Fsp3) is 0.545. The molecule has 1 fully saturated rings. The fourth-order valence-corrected chi connectivity index (χ4v) is 2.78. The van der Waals surface area contributed by atoms with Crippen molar-refractivity contribution in [2.75, 3.05) is 5.75 Å². The first-order valence-electron chi connectivity index (χ1n) is 5.56. The van der Waals surface area contributed by atoms with Crippen LogP contribution in [0, 0.1) is 5.41 Å². The minimum Gasteiger partial charge on any atom is -0.481 e. The molecule has 104 valence electrons. The van der Waals surface area contributed by atoms with Crippen LogP contribution < -0.4 is 0 Å². The summed E-state index contributed by atoms with van der Waals surface area (Å²) in [6, 6.07) is 0.814. The van der Waals surface area contributed by atoms with E-state index in [1.165, 1.54) is 0 Å². The van der Waals surface area contributed by atoms with E-state index in [0.717, 1.165) is 36.9 Å². The molecular weight excluding hydrogens is 281 g/mol. The van der Waals surface area contributed by atoms with Crippen molar-refractivity contribution in [3.8, 4) is 0 Å². The van der Waals surface area contributed by atoms with Crippen molar-refractivity contribution >= 4 is 17.7 Å². The van der Waals surface area contributed by atoms with Gasteiger partial charge in [-0.3, -0.25) is 4.79 Å². The molecule has 1 saturated carbocycles. The summed E-state index contributed by atoms with van der Waals surface area (Å²) in [7, 11) is 0. The molecule has 0 radical (unpaired) electrons. The Kier molecular flexibility index (Phi) is 3.71. The molecule has 0 saturated heterocycles. The molecule has 1 aliphatic carbocycles. The highest BCUT2D eigenvalue weighted by atomic mass is 32.2. The first kappa shape index (κ1) is 14.1. The molecule has 1 heterocycles. The maximum absolute atomic E-state index is 12.4. The maximum Gasteiger partial charge on any atom is 0.433 e. The van der Waals surface area contributed by atoms with E-state index in [-0.39, 0.29) is 17.0 Å². The maximum atomic E-state index is 12.4. The molecule has 1 aromatic heterocycles. The van der Waals surface area contributed by atoms with Crippen LogP contribution in [0.5, 0.6) is 0 Å². The number of aromatic nitrogens is 2. The molecule has 1 aliphatic rings. The lowest BCUT2D eigenvalue weighted by Gasteiger charge is -2.11. The molecule has 2 rings (SSSR count). The number of rotatable bonds is 5. The second kappa shape index (κ2) is 4.99. The first-order valence-corrected chi connectivity index (χ1v) is 6.54. The molecule has 0 atom stereocenters. The van der Waals surface area contributed by atoms with E-state index in [9.17, 15) is 18.0 Å². The zero-order chi connectivity index (χ0) is 14.1. The Labute approximate surface area is 111 Å². The van der Waals surface area contributed by atoms with E-state index in [0.29, 0.717) is 5.75 Å². The average Bonchev–Trinajstić information content (AvgIpc) is 3.05. The van der Waals surface area contributed by atoms with Crippen LogP contribution in [0.2, 0.25) is 0 Å². The third kappa shape index (κ3) is 3.82. The van der Waals surface area contributed by atoms with Crippen LogP contribution in [0.15, 0.2) is 17.4 Å². The van der Waals surface area contributed by atoms with Crippen molar-refractivity contribution in [2.24, 2.45) is 5.41 Å². The molecule has 8 heteroatoms. The Bertz CT molecular complexity index is 489. The van der Waals surface area contributed by atoms with Gasteiger partial charge in [-0.2, -0.15) is 13.2 Å². The number of hydrogen-bond acceptors (Lipinski definition) is 4. The zero-order valence-electron chi connectivity index (χ0n) is 9.78. The van der Waals surface area contributed by atoms with E-state index >= 15 is 0 Å². The average molecular weight is 292 g/mol. The monoisotopic (exact) mass is 292 g/mol. The lowest BCUT2D eigenvalue weighted by atomic mass is 10.1. The van der Waals surface area contributed by atoms with Gasteiger partial charge in [-0.25, -0.2) is 9.97 Å². The highest BCUT2D eigenvalue weighted by molar-refractivity contribution is 7.99. The van der Waals surface area contributed by atoms with Gasteiger partial charge in [0.2, 0.25) is 0 Å². The van der Waals surface area contributed by atoms with Gasteiger partial charge in [0.25, 0.3) is 0 Å². The third-order valence-electron chi connectivity index (χ3n) is 2.91. The smallest absolute Gasteiger partial charge is 0.433 e. The lowest BCUT2D eigenvalue weighted by Crippen LogP contribution is -2.12. The minimum absolute atomic E-state index is 0.0338. The summed E-state index contributed by atoms with van der Waals surface area (Å²) < 4.78 is 37.3. The number of carboxylic acids is 1. The van der Waals surface area contributed by atoms with Crippen LogP contribution in [0.1, 0.15) is 25.0 Å². The van der Waals surface area contributed by atoms with Gasteiger partial charge in [0.1, 0.15) is 5.69 Å². The Hall–Kier alpha value is -1.31. The van der Waals surface area contributed by atoms with Gasteiger partial charge in [-0.05, 0) is 24.3 Å². The van der Waals surface area contributed by atoms with Crippen molar-refractivity contribution in [3.05, 3.63) is 18.0 Å². The summed E-state index contributed by atoms with van der Waals surface area (Å²) in [5, 5.41) is 8.78. The van der Waals surface area contributed by atoms with Crippen LogP contribution in [0.25, 0.3) is 0 Å². The summed E-state index contributed by atoms with van der Waals surface area (Å²) in [5.41, 5.74) is -1.28. The van der Waals surface area contributed by atoms with Gasteiger partial charge in [-0.15, -0.1) is 0 Å². The standard InChI is InChI=1S/C11H11F3N2O2S/c12-11(13,14)7-1-4-15-9(16-7)19-6-10(2-3-10)5-8(17)18/h1,4H,2-3,5-6H2,(H,17,18). The van der Waals surface area contributed by atoms with E-state index in [2.05, 4.69) is 9.97 Å². The van der Waals surface area contributed by atoms with Gasteiger partial charge in [0.05, 0.1) is 6.42 Å². The Balaban J connectivity index is 1.99. The number of alkyl halides is 3. The van der Waals surface area contributed by atoms with Gasteiger partial charge >= 0.3 is 12.1 Å². The van der Waals surface area contributed by atoms with Crippen LogP contribution in [0.3, 0.4) is 0 Å². The molecular formula is C11H11F3N2O2S. The topological polar surface area (TPSA) is 63.1 Å². The first-order chi connectivity index (χ1) is 8.81. The highest BCUT2D eigenvalue weighted by Crippen LogP contribution is 2.51. The zero-order valence-corrected chi connectivity index (χ0v) is 10.6. The quantitative estimate of drug-likeness (QED) is 0.668. The van der Waals surface area contributed by atoms with E-state index < -0.39 is 17.8 Å². The minimum atomic E-state index is -4.49. The Morgan fingerprint density at radius 1 is 1.47 bits per heavy atom. The van der Waals surface area contributed by atoms with Crippen molar-refractivity contribution in [2.45, 2.75) is 30.6 Å². The number of nitrogens with zero attached hydrogens (tertiary/aromatic N) is 2. The molecule has 0 aromatic carbocycles. The summed E-state index contributed by atoms with van der Waals surface area (Å²) in [4.78, 5) is 17.9. The normalized spacial score (nSPS) is 17.2. The van der Waals surface area contributed by atoms with Crippen molar-refractivity contribution in [1.82, 2.24) is 9.97 Å². The predicted molar refractivity (Wildman–Crippen MR) is 61.7 cm³/mol. The molecule has 0 spiro atoms. The lowest BCUT2D eigenvalue weighted by molar-refractivity contribution is -0.141. The molecule has 4 nitrogen and oxygen atoms in total. The molecule has 0 amide bonds. The second-order valence-corrected chi connectivity index (χ2v) is 5.52. The van der Waals surface area contributed by atoms with E-state index in [1.807, 2.05) is 0 Å². The number of halogens is 3. The second-order valence-electron chi connectivity index (χ2n) is 4.58. The summed E-state index contributed by atoms with van der Waals surface area (Å²) in [6.45, 7) is 0. The van der Waals surface area contributed by atoms with E-state index in [4.69, 9.17) is 5.11 Å². The number of carbonyl (C=O) groups is 1. The molecule has 0 aliphatic heterocycles. The third-order valence-corrected chi connectivity index (χ3v) is 4.13. The highest BCUT2D eigenvalue weighted by Gasteiger charge is 2.44. The number of carboxylic acid groups (broad SMARTS) is 1. The van der Waals surface area contributed by atoms with Crippen molar-refractivity contribution in [1.29, 1.82) is 0 Å². The molecule has 1 aromatic rings. The van der Waals surface area contributed by atoms with Crippen LogP contribution in [-0.4, -0.2) is 26.8 Å². The molecule has 0 bridgehead atoms. The van der Waals surface area contributed by atoms with Gasteiger partial charge in [-0.1, -0.05) is 11.8 Å². The summed E-state index contributed by atoms with van der Waals surface area (Å²) in [5.74, 6) is -0.455. The van der Waals surface area contributed by atoms with Gasteiger partial charge in [0.15, 0.2) is 5.16 Å². The summed E-state index contributed by atoms with van der Waals surface area (Å²) >= 11 is 1.08. The van der Waals surface area contributed by atoms with Crippen molar-refractivity contribution < 1.29 is 23.1 Å². The van der Waals surface area contributed by atoms with Gasteiger partial charge in [0, 0.05) is 11.9 Å². The van der Waals surface area contributed by atoms with Crippen LogP contribution in [0.4, 0.5) is 13.2 Å². The number of thioether (sulfide) groups is 1. The van der Waals surface area contributed by atoms with Crippen molar-refractivity contribution in [3.63, 3.8) is 0 Å². The van der Waals surface area contributed by atoms with Crippen LogP contribution >= 0.6 is 11.8 Å². The number of hydrogen-bond donors (Lipinski definition) is 1. The van der Waals surface area contributed by atoms with E-state index in [1.54, 1.807) is 0 Å². The summed E-state index contributed by atoms with van der Waals surface area (Å²) in [6.07, 6.45) is -1.82. The predicted octanol–water partition coefficient (Wildman–Crippen LogP) is 2.84. The largest absolute Gasteiger partial charge is 0.481 e.